The van der Waals surface area contributed by atoms with E-state index in [1.54, 1.807) is 25.2 Å². The van der Waals surface area contributed by atoms with Gasteiger partial charge in [0.1, 0.15) is 5.82 Å². The SMILES string of the molecule is CCCCCCC(=O)N[C@@H](C)c1nc2cc(Cl)ccc2c(=O)n1C. The van der Waals surface area contributed by atoms with E-state index in [1.165, 1.54) is 4.57 Å². The molecule has 130 valence electrons. The average molecular weight is 350 g/mol. The Hall–Kier alpha value is -1.88. The summed E-state index contributed by atoms with van der Waals surface area (Å²) in [5.74, 6) is 0.510. The molecule has 1 aromatic carbocycles. The largest absolute Gasteiger partial charge is 0.346 e. The van der Waals surface area contributed by atoms with Crippen molar-refractivity contribution in [2.45, 2.75) is 52.0 Å². The van der Waals surface area contributed by atoms with Crippen LogP contribution in [0.3, 0.4) is 0 Å². The Balaban J connectivity index is 2.17. The molecule has 24 heavy (non-hydrogen) atoms. The van der Waals surface area contributed by atoms with E-state index in [0.717, 1.165) is 25.7 Å². The van der Waals surface area contributed by atoms with Gasteiger partial charge in [-0.1, -0.05) is 37.8 Å². The number of benzene rings is 1. The van der Waals surface area contributed by atoms with Crippen LogP contribution in [0.25, 0.3) is 10.9 Å². The van der Waals surface area contributed by atoms with Crippen molar-refractivity contribution in [1.29, 1.82) is 0 Å². The van der Waals surface area contributed by atoms with Crippen molar-refractivity contribution in [2.75, 3.05) is 0 Å². The van der Waals surface area contributed by atoms with E-state index < -0.39 is 0 Å². The van der Waals surface area contributed by atoms with E-state index in [2.05, 4.69) is 17.2 Å². The van der Waals surface area contributed by atoms with Gasteiger partial charge in [-0.2, -0.15) is 0 Å². The van der Waals surface area contributed by atoms with Crippen molar-refractivity contribution in [2.24, 2.45) is 7.05 Å². The Labute approximate surface area is 147 Å². The van der Waals surface area contributed by atoms with Crippen molar-refractivity contribution < 1.29 is 4.79 Å². The van der Waals surface area contributed by atoms with E-state index >= 15 is 0 Å². The fraction of sp³-hybridized carbons (Fsp3) is 0.500. The number of halogens is 1. The molecule has 0 unspecified atom stereocenters. The topological polar surface area (TPSA) is 64.0 Å². The summed E-state index contributed by atoms with van der Waals surface area (Å²) in [4.78, 5) is 29.0. The fourth-order valence-electron chi connectivity index (χ4n) is 2.74. The van der Waals surface area contributed by atoms with Gasteiger partial charge in [-0.25, -0.2) is 4.98 Å². The number of carbonyl (C=O) groups excluding carboxylic acids is 1. The fourth-order valence-corrected chi connectivity index (χ4v) is 2.91. The number of rotatable bonds is 7. The van der Waals surface area contributed by atoms with Crippen LogP contribution >= 0.6 is 11.6 Å². The van der Waals surface area contributed by atoms with Gasteiger partial charge in [0, 0.05) is 18.5 Å². The van der Waals surface area contributed by atoms with E-state index in [0.29, 0.717) is 28.2 Å². The van der Waals surface area contributed by atoms with Crippen LogP contribution < -0.4 is 10.9 Å². The second-order valence-corrected chi connectivity index (χ2v) is 6.53. The van der Waals surface area contributed by atoms with Gasteiger partial charge in [-0.05, 0) is 31.5 Å². The average Bonchev–Trinajstić information content (AvgIpc) is 2.54. The molecule has 1 atom stereocenters. The first-order chi connectivity index (χ1) is 11.4. The number of hydrogen-bond donors (Lipinski definition) is 1. The number of nitrogens with zero attached hydrogens (tertiary/aromatic N) is 2. The van der Waals surface area contributed by atoms with Crippen molar-refractivity contribution in [3.8, 4) is 0 Å². The normalized spacial score (nSPS) is 12.3. The molecule has 0 aliphatic carbocycles. The second-order valence-electron chi connectivity index (χ2n) is 6.10. The van der Waals surface area contributed by atoms with Crippen molar-refractivity contribution in [3.63, 3.8) is 0 Å². The van der Waals surface area contributed by atoms with E-state index in [9.17, 15) is 9.59 Å². The van der Waals surface area contributed by atoms with E-state index in [1.807, 2.05) is 6.92 Å². The number of amides is 1. The monoisotopic (exact) mass is 349 g/mol. The minimum absolute atomic E-state index is 0.0148. The molecule has 2 aromatic rings. The lowest BCUT2D eigenvalue weighted by atomic mass is 10.1. The third-order valence-corrected chi connectivity index (χ3v) is 4.33. The number of carbonyl (C=O) groups is 1. The Morgan fingerprint density at radius 1 is 1.33 bits per heavy atom. The molecule has 1 N–H and O–H groups in total. The molecule has 0 spiro atoms. The number of hydrogen-bond acceptors (Lipinski definition) is 3. The van der Waals surface area contributed by atoms with Gasteiger partial charge in [0.25, 0.3) is 5.56 Å². The summed E-state index contributed by atoms with van der Waals surface area (Å²) < 4.78 is 1.48. The highest BCUT2D eigenvalue weighted by atomic mass is 35.5. The zero-order chi connectivity index (χ0) is 17.7. The molecule has 6 heteroatoms. The molecule has 0 saturated carbocycles. The lowest BCUT2D eigenvalue weighted by Crippen LogP contribution is -2.32. The van der Waals surface area contributed by atoms with Gasteiger partial charge in [-0.15, -0.1) is 0 Å². The number of aromatic nitrogens is 2. The van der Waals surface area contributed by atoms with Gasteiger partial charge in [0.15, 0.2) is 0 Å². The quantitative estimate of drug-likeness (QED) is 0.774. The second kappa shape index (κ2) is 8.29. The molecule has 2 rings (SSSR count). The van der Waals surface area contributed by atoms with Gasteiger partial charge in [0.2, 0.25) is 5.91 Å². The molecule has 0 bridgehead atoms. The molecular weight excluding hydrogens is 326 g/mol. The summed E-state index contributed by atoms with van der Waals surface area (Å²) in [6.07, 6.45) is 4.72. The van der Waals surface area contributed by atoms with Gasteiger partial charge < -0.3 is 5.32 Å². The highest BCUT2D eigenvalue weighted by Crippen LogP contribution is 2.17. The molecule has 0 radical (unpaired) electrons. The molecule has 0 fully saturated rings. The highest BCUT2D eigenvalue weighted by Gasteiger charge is 2.16. The Morgan fingerprint density at radius 3 is 2.79 bits per heavy atom. The zero-order valence-corrected chi connectivity index (χ0v) is 15.2. The standard InChI is InChI=1S/C18H24ClN3O2/c1-4-5-6-7-8-16(23)20-12(2)17-21-15-11-13(19)9-10-14(15)18(24)22(17)3/h9-12H,4-8H2,1-3H3,(H,20,23)/t12-/m0/s1. The summed E-state index contributed by atoms with van der Waals surface area (Å²) in [5, 5.41) is 3.97. The number of fused-ring (bicyclic) bond motifs is 1. The Bertz CT molecular complexity index is 786. The van der Waals surface area contributed by atoms with Crippen LogP contribution in [0.4, 0.5) is 0 Å². The lowest BCUT2D eigenvalue weighted by molar-refractivity contribution is -0.121. The lowest BCUT2D eigenvalue weighted by Gasteiger charge is -2.17. The third kappa shape index (κ3) is 4.35. The van der Waals surface area contributed by atoms with Crippen LogP contribution in [0.2, 0.25) is 5.02 Å². The summed E-state index contributed by atoms with van der Waals surface area (Å²) in [5.41, 5.74) is 0.403. The van der Waals surface area contributed by atoms with E-state index in [4.69, 9.17) is 11.6 Å². The first-order valence-corrected chi connectivity index (χ1v) is 8.77. The van der Waals surface area contributed by atoms with Gasteiger partial charge in [0.05, 0.1) is 16.9 Å². The van der Waals surface area contributed by atoms with Crippen molar-refractivity contribution in [1.82, 2.24) is 14.9 Å². The summed E-state index contributed by atoms with van der Waals surface area (Å²) >= 11 is 5.99. The molecule has 5 nitrogen and oxygen atoms in total. The molecule has 0 aliphatic heterocycles. The Morgan fingerprint density at radius 2 is 2.08 bits per heavy atom. The predicted octanol–water partition coefficient (Wildman–Crippen LogP) is 3.73. The molecule has 0 saturated heterocycles. The van der Waals surface area contributed by atoms with Crippen molar-refractivity contribution in [3.05, 3.63) is 39.4 Å². The maximum Gasteiger partial charge on any atom is 0.261 e. The minimum Gasteiger partial charge on any atom is -0.346 e. The van der Waals surface area contributed by atoms with E-state index in [-0.39, 0.29) is 17.5 Å². The third-order valence-electron chi connectivity index (χ3n) is 4.10. The van der Waals surface area contributed by atoms with Crippen LogP contribution in [-0.4, -0.2) is 15.5 Å². The predicted molar refractivity (Wildman–Crippen MR) is 97.3 cm³/mol. The van der Waals surface area contributed by atoms with Crippen LogP contribution in [0, 0.1) is 0 Å². The number of nitrogens with one attached hydrogen (secondary N) is 1. The minimum atomic E-state index is -0.343. The molecular formula is C18H24ClN3O2. The first-order valence-electron chi connectivity index (χ1n) is 8.39. The van der Waals surface area contributed by atoms with Crippen LogP contribution in [0.1, 0.15) is 57.8 Å². The van der Waals surface area contributed by atoms with Crippen LogP contribution in [-0.2, 0) is 11.8 Å². The molecule has 1 heterocycles. The maximum absolute atomic E-state index is 12.5. The molecule has 0 aliphatic rings. The maximum atomic E-state index is 12.5. The Kier molecular flexibility index (Phi) is 6.37. The van der Waals surface area contributed by atoms with Gasteiger partial charge in [-0.3, -0.25) is 14.2 Å². The summed E-state index contributed by atoms with van der Waals surface area (Å²) in [7, 11) is 1.67. The number of unbranched alkanes of at least 4 members (excludes halogenated alkanes) is 3. The molecule has 1 amide bonds. The summed E-state index contributed by atoms with van der Waals surface area (Å²) in [6, 6.07) is 4.67. The van der Waals surface area contributed by atoms with Gasteiger partial charge >= 0.3 is 0 Å². The smallest absolute Gasteiger partial charge is 0.261 e. The zero-order valence-electron chi connectivity index (χ0n) is 14.4. The van der Waals surface area contributed by atoms with Crippen LogP contribution in [0.5, 0.6) is 0 Å². The highest BCUT2D eigenvalue weighted by molar-refractivity contribution is 6.31. The van der Waals surface area contributed by atoms with Crippen molar-refractivity contribution >= 4 is 28.4 Å². The first kappa shape index (κ1) is 18.5. The van der Waals surface area contributed by atoms with Crippen LogP contribution in [0.15, 0.2) is 23.0 Å². The summed E-state index contributed by atoms with van der Waals surface area (Å²) in [6.45, 7) is 3.97. The molecule has 1 aromatic heterocycles.